The van der Waals surface area contributed by atoms with Crippen LogP contribution < -0.4 is 0 Å². The third-order valence-electron chi connectivity index (χ3n) is 4.96. The van der Waals surface area contributed by atoms with E-state index in [9.17, 15) is 4.79 Å². The lowest BCUT2D eigenvalue weighted by molar-refractivity contribution is 0.0623. The zero-order valence-corrected chi connectivity index (χ0v) is 16.3. The van der Waals surface area contributed by atoms with Crippen molar-refractivity contribution >= 4 is 17.5 Å². The van der Waals surface area contributed by atoms with Gasteiger partial charge < -0.3 is 4.90 Å². The molecule has 0 N–H and O–H groups in total. The maximum Gasteiger partial charge on any atom is 0.277 e. The molecule has 6 nitrogen and oxygen atoms in total. The highest BCUT2D eigenvalue weighted by Crippen LogP contribution is 2.18. The van der Waals surface area contributed by atoms with Crippen molar-refractivity contribution in [3.05, 3.63) is 82.6 Å². The summed E-state index contributed by atoms with van der Waals surface area (Å²) in [5.41, 5.74) is 2.58. The van der Waals surface area contributed by atoms with Crippen LogP contribution in [0.2, 0.25) is 5.15 Å². The molecule has 3 aromatic rings. The first kappa shape index (κ1) is 18.7. The Balaban J connectivity index is 1.36. The van der Waals surface area contributed by atoms with E-state index >= 15 is 0 Å². The van der Waals surface area contributed by atoms with E-state index in [4.69, 9.17) is 11.6 Å². The van der Waals surface area contributed by atoms with Gasteiger partial charge in [-0.15, -0.1) is 5.10 Å². The van der Waals surface area contributed by atoms with Gasteiger partial charge in [-0.25, -0.2) is 4.68 Å². The van der Waals surface area contributed by atoms with Gasteiger partial charge in [-0.05, 0) is 11.1 Å². The average molecular weight is 396 g/mol. The lowest BCUT2D eigenvalue weighted by Gasteiger charge is -2.34. The lowest BCUT2D eigenvalue weighted by Crippen LogP contribution is -2.48. The number of nitrogens with zero attached hydrogens (tertiary/aromatic N) is 5. The second-order valence-corrected chi connectivity index (χ2v) is 7.28. The van der Waals surface area contributed by atoms with E-state index in [1.807, 2.05) is 41.3 Å². The third-order valence-corrected chi connectivity index (χ3v) is 5.34. The fourth-order valence-electron chi connectivity index (χ4n) is 3.39. The van der Waals surface area contributed by atoms with Crippen LogP contribution in [0.5, 0.6) is 0 Å². The molecule has 1 aliphatic heterocycles. The molecular formula is C21H22ClN5O. The third kappa shape index (κ3) is 4.24. The highest BCUT2D eigenvalue weighted by molar-refractivity contribution is 6.32. The van der Waals surface area contributed by atoms with Crippen LogP contribution >= 0.6 is 11.6 Å². The molecule has 0 saturated carbocycles. The molecule has 28 heavy (non-hydrogen) atoms. The zero-order valence-electron chi connectivity index (χ0n) is 15.5. The average Bonchev–Trinajstić information content (AvgIpc) is 3.10. The summed E-state index contributed by atoms with van der Waals surface area (Å²) in [6.45, 7) is 4.37. The Bertz CT molecular complexity index is 920. The number of halogens is 1. The summed E-state index contributed by atoms with van der Waals surface area (Å²) in [5, 5.41) is 8.42. The van der Waals surface area contributed by atoms with Crippen molar-refractivity contribution in [1.29, 1.82) is 0 Å². The van der Waals surface area contributed by atoms with Crippen LogP contribution in [0.3, 0.4) is 0 Å². The van der Waals surface area contributed by atoms with Crippen LogP contribution in [0.4, 0.5) is 0 Å². The highest BCUT2D eigenvalue weighted by Gasteiger charge is 2.27. The number of hydrogen-bond donors (Lipinski definition) is 0. The molecule has 1 aliphatic rings. The standard InChI is InChI=1S/C21H22ClN5O/c22-20-19(23-24-27(20)16-18-9-5-2-6-10-18)21(28)26-13-11-25(12-14-26)15-17-7-3-1-4-8-17/h1-10H,11-16H2. The van der Waals surface area contributed by atoms with Crippen LogP contribution in [-0.4, -0.2) is 56.9 Å². The summed E-state index contributed by atoms with van der Waals surface area (Å²) in [4.78, 5) is 17.0. The second-order valence-electron chi connectivity index (χ2n) is 6.93. The van der Waals surface area contributed by atoms with Crippen molar-refractivity contribution < 1.29 is 4.79 Å². The van der Waals surface area contributed by atoms with E-state index in [-0.39, 0.29) is 11.6 Å². The first-order chi connectivity index (χ1) is 13.7. The largest absolute Gasteiger partial charge is 0.335 e. The Morgan fingerprint density at radius 3 is 2.04 bits per heavy atom. The van der Waals surface area contributed by atoms with E-state index in [1.54, 1.807) is 4.68 Å². The first-order valence-corrected chi connectivity index (χ1v) is 9.77. The molecule has 2 heterocycles. The predicted molar refractivity (Wildman–Crippen MR) is 108 cm³/mol. The van der Waals surface area contributed by atoms with Crippen molar-refractivity contribution in [2.24, 2.45) is 0 Å². The summed E-state index contributed by atoms with van der Waals surface area (Å²) in [5.74, 6) is -0.149. The molecule has 1 fully saturated rings. The summed E-state index contributed by atoms with van der Waals surface area (Å²) < 4.78 is 1.57. The Labute approximate surface area is 169 Å². The van der Waals surface area contributed by atoms with E-state index in [0.717, 1.165) is 25.2 Å². The van der Waals surface area contributed by atoms with Gasteiger partial charge in [0, 0.05) is 32.7 Å². The molecule has 4 rings (SSSR count). The molecule has 1 saturated heterocycles. The molecule has 0 spiro atoms. The van der Waals surface area contributed by atoms with Crippen molar-refractivity contribution in [1.82, 2.24) is 24.8 Å². The van der Waals surface area contributed by atoms with E-state index in [0.29, 0.717) is 24.8 Å². The van der Waals surface area contributed by atoms with Crippen LogP contribution in [0.15, 0.2) is 60.7 Å². The van der Waals surface area contributed by atoms with Gasteiger partial charge in [-0.1, -0.05) is 77.5 Å². The number of piperazine rings is 1. The van der Waals surface area contributed by atoms with Gasteiger partial charge in [-0.3, -0.25) is 9.69 Å². The molecule has 7 heteroatoms. The number of amides is 1. The summed E-state index contributed by atoms with van der Waals surface area (Å²) in [6.07, 6.45) is 0. The topological polar surface area (TPSA) is 54.3 Å². The molecular weight excluding hydrogens is 374 g/mol. The maximum absolute atomic E-state index is 12.9. The molecule has 1 amide bonds. The SMILES string of the molecule is O=C(c1nnn(Cc2ccccc2)c1Cl)N1CCN(Cc2ccccc2)CC1. The normalized spacial score (nSPS) is 15.0. The Kier molecular flexibility index (Phi) is 5.69. The number of aromatic nitrogens is 3. The Morgan fingerprint density at radius 1 is 0.857 bits per heavy atom. The highest BCUT2D eigenvalue weighted by atomic mass is 35.5. The van der Waals surface area contributed by atoms with Crippen molar-refractivity contribution in [3.63, 3.8) is 0 Å². The van der Waals surface area contributed by atoms with E-state index in [1.165, 1.54) is 5.56 Å². The molecule has 2 aromatic carbocycles. The lowest BCUT2D eigenvalue weighted by atomic mass is 10.2. The number of carbonyl (C=O) groups is 1. The predicted octanol–water partition coefficient (Wildman–Crippen LogP) is 2.94. The number of carbonyl (C=O) groups excluding carboxylic acids is 1. The number of hydrogen-bond acceptors (Lipinski definition) is 4. The summed E-state index contributed by atoms with van der Waals surface area (Å²) in [7, 11) is 0. The minimum atomic E-state index is -0.149. The number of benzene rings is 2. The fraction of sp³-hybridized carbons (Fsp3) is 0.286. The maximum atomic E-state index is 12.9. The Morgan fingerprint density at radius 2 is 1.43 bits per heavy atom. The van der Waals surface area contributed by atoms with E-state index < -0.39 is 0 Å². The van der Waals surface area contributed by atoms with E-state index in [2.05, 4.69) is 39.5 Å². The molecule has 144 valence electrons. The minimum absolute atomic E-state index is 0.149. The van der Waals surface area contributed by atoms with Gasteiger partial charge in [0.1, 0.15) is 0 Å². The minimum Gasteiger partial charge on any atom is -0.335 e. The molecule has 0 atom stereocenters. The zero-order chi connectivity index (χ0) is 19.3. The van der Waals surface area contributed by atoms with Crippen molar-refractivity contribution in [3.8, 4) is 0 Å². The first-order valence-electron chi connectivity index (χ1n) is 9.39. The van der Waals surface area contributed by atoms with Gasteiger partial charge in [-0.2, -0.15) is 0 Å². The van der Waals surface area contributed by atoms with Crippen LogP contribution in [0.25, 0.3) is 0 Å². The molecule has 0 radical (unpaired) electrons. The molecule has 0 unspecified atom stereocenters. The smallest absolute Gasteiger partial charge is 0.277 e. The second kappa shape index (κ2) is 8.54. The monoisotopic (exact) mass is 395 g/mol. The number of rotatable bonds is 5. The van der Waals surface area contributed by atoms with Crippen LogP contribution in [-0.2, 0) is 13.1 Å². The molecule has 0 bridgehead atoms. The van der Waals surface area contributed by atoms with Crippen LogP contribution in [0.1, 0.15) is 21.6 Å². The van der Waals surface area contributed by atoms with Gasteiger partial charge in [0.25, 0.3) is 5.91 Å². The van der Waals surface area contributed by atoms with Crippen molar-refractivity contribution in [2.45, 2.75) is 13.1 Å². The molecule has 1 aromatic heterocycles. The Hall–Kier alpha value is -2.70. The summed E-state index contributed by atoms with van der Waals surface area (Å²) >= 11 is 6.40. The quantitative estimate of drug-likeness (QED) is 0.666. The summed E-state index contributed by atoms with van der Waals surface area (Å²) in [6, 6.07) is 20.2. The molecule has 0 aliphatic carbocycles. The van der Waals surface area contributed by atoms with Gasteiger partial charge >= 0.3 is 0 Å². The fourth-order valence-corrected chi connectivity index (χ4v) is 3.60. The van der Waals surface area contributed by atoms with Crippen LogP contribution in [0, 0.1) is 0 Å². The van der Waals surface area contributed by atoms with Gasteiger partial charge in [0.15, 0.2) is 10.8 Å². The van der Waals surface area contributed by atoms with Crippen molar-refractivity contribution in [2.75, 3.05) is 26.2 Å². The van der Waals surface area contributed by atoms with Gasteiger partial charge in [0.05, 0.1) is 6.54 Å². The van der Waals surface area contributed by atoms with Gasteiger partial charge in [0.2, 0.25) is 0 Å².